The van der Waals surface area contributed by atoms with Crippen LogP contribution in [0.3, 0.4) is 0 Å². The average Bonchev–Trinajstić information content (AvgIpc) is 3.42. The number of nitrogens with one attached hydrogen (secondary N) is 1. The van der Waals surface area contributed by atoms with Gasteiger partial charge in [-0.2, -0.15) is 0 Å². The van der Waals surface area contributed by atoms with Crippen LogP contribution in [0.15, 0.2) is 48.5 Å². The summed E-state index contributed by atoms with van der Waals surface area (Å²) in [5, 5.41) is 11.8. The molecule has 0 spiro atoms. The lowest BCUT2D eigenvalue weighted by Gasteiger charge is -2.36. The van der Waals surface area contributed by atoms with Gasteiger partial charge < -0.3 is 20.1 Å². The smallest absolute Gasteiger partial charge is 0.407 e. The molecular formula is C27H31N3O5. The number of nitrogens with zero attached hydrogens (tertiary/aromatic N) is 2. The van der Waals surface area contributed by atoms with Gasteiger partial charge in [-0.25, -0.2) is 4.79 Å². The molecule has 2 N–H and O–H groups in total. The Kier molecular flexibility index (Phi) is 6.72. The van der Waals surface area contributed by atoms with Crippen molar-refractivity contribution >= 4 is 18.0 Å². The minimum absolute atomic E-state index is 0.0310. The third-order valence-electron chi connectivity index (χ3n) is 7.46. The van der Waals surface area contributed by atoms with E-state index in [2.05, 4.69) is 22.3 Å². The highest BCUT2D eigenvalue weighted by Gasteiger charge is 2.36. The number of aliphatic carboxylic acids is 1. The van der Waals surface area contributed by atoms with Crippen LogP contribution in [-0.2, 0) is 14.3 Å². The van der Waals surface area contributed by atoms with Crippen molar-refractivity contribution in [3.63, 3.8) is 0 Å². The fraction of sp³-hybridized carbons (Fsp3) is 0.444. The summed E-state index contributed by atoms with van der Waals surface area (Å²) >= 11 is 0. The third-order valence-corrected chi connectivity index (χ3v) is 7.46. The van der Waals surface area contributed by atoms with Crippen LogP contribution in [0.25, 0.3) is 11.1 Å². The van der Waals surface area contributed by atoms with E-state index in [9.17, 15) is 14.4 Å². The van der Waals surface area contributed by atoms with E-state index in [4.69, 9.17) is 9.84 Å². The summed E-state index contributed by atoms with van der Waals surface area (Å²) in [5.41, 5.74) is 4.48. The van der Waals surface area contributed by atoms with Crippen LogP contribution in [0.4, 0.5) is 4.79 Å². The van der Waals surface area contributed by atoms with Gasteiger partial charge >= 0.3 is 12.1 Å². The first-order valence-corrected chi connectivity index (χ1v) is 12.4. The van der Waals surface area contributed by atoms with Gasteiger partial charge in [-0.15, -0.1) is 0 Å². The highest BCUT2D eigenvalue weighted by atomic mass is 16.5. The van der Waals surface area contributed by atoms with Crippen LogP contribution in [0, 0.1) is 0 Å². The zero-order chi connectivity index (χ0) is 24.4. The molecule has 1 aliphatic carbocycles. The molecule has 2 aromatic rings. The van der Waals surface area contributed by atoms with E-state index in [0.29, 0.717) is 19.1 Å². The molecule has 35 heavy (non-hydrogen) atoms. The summed E-state index contributed by atoms with van der Waals surface area (Å²) in [6.07, 6.45) is 1.22. The van der Waals surface area contributed by atoms with E-state index in [-0.39, 0.29) is 31.3 Å². The number of benzene rings is 2. The quantitative estimate of drug-likeness (QED) is 0.606. The largest absolute Gasteiger partial charge is 0.481 e. The predicted molar refractivity (Wildman–Crippen MR) is 130 cm³/mol. The molecule has 2 atom stereocenters. The van der Waals surface area contributed by atoms with Gasteiger partial charge in [0.2, 0.25) is 5.91 Å². The number of hydrogen-bond acceptors (Lipinski definition) is 5. The fourth-order valence-electron chi connectivity index (χ4n) is 5.47. The monoisotopic (exact) mass is 477 g/mol. The number of rotatable bonds is 8. The van der Waals surface area contributed by atoms with Gasteiger partial charge in [0.25, 0.3) is 0 Å². The Balaban J connectivity index is 1.22. The Labute approximate surface area is 204 Å². The number of carboxylic acid groups (broad SMARTS) is 1. The molecule has 2 unspecified atom stereocenters. The first-order valence-electron chi connectivity index (χ1n) is 12.4. The average molecular weight is 478 g/mol. The molecule has 2 saturated heterocycles. The van der Waals surface area contributed by atoms with Crippen LogP contribution in [0.1, 0.15) is 42.7 Å². The van der Waals surface area contributed by atoms with Gasteiger partial charge in [0.05, 0.1) is 0 Å². The zero-order valence-corrected chi connectivity index (χ0v) is 19.7. The molecule has 3 aliphatic rings. The van der Waals surface area contributed by atoms with Crippen LogP contribution in [0.2, 0.25) is 0 Å². The number of likely N-dealkylation sites (tertiary alicyclic amines) is 2. The molecule has 5 rings (SSSR count). The normalized spacial score (nSPS) is 20.0. The number of fused-ring (bicyclic) bond motifs is 3. The minimum Gasteiger partial charge on any atom is -0.481 e. The van der Waals surface area contributed by atoms with Crippen molar-refractivity contribution < 1.29 is 24.2 Å². The van der Waals surface area contributed by atoms with E-state index in [1.807, 2.05) is 36.4 Å². The number of ether oxygens (including phenoxy) is 1. The topological polar surface area (TPSA) is 99.2 Å². The molecule has 8 heteroatoms. The van der Waals surface area contributed by atoms with Crippen molar-refractivity contribution in [1.82, 2.24) is 15.1 Å². The second kappa shape index (κ2) is 10.1. The van der Waals surface area contributed by atoms with E-state index < -0.39 is 18.1 Å². The third kappa shape index (κ3) is 4.89. The number of hydrogen-bond donors (Lipinski definition) is 2. The number of carboxylic acids is 1. The second-order valence-electron chi connectivity index (χ2n) is 9.57. The van der Waals surface area contributed by atoms with Gasteiger partial charge in [0.1, 0.15) is 12.6 Å². The summed E-state index contributed by atoms with van der Waals surface area (Å²) in [4.78, 5) is 41.3. The Morgan fingerprint density at radius 3 is 2.26 bits per heavy atom. The second-order valence-corrected chi connectivity index (χ2v) is 9.57. The fourth-order valence-corrected chi connectivity index (χ4v) is 5.47. The number of carbonyl (C=O) groups is 3. The van der Waals surface area contributed by atoms with Gasteiger partial charge in [-0.3, -0.25) is 14.5 Å². The maximum absolute atomic E-state index is 13.2. The molecule has 2 amide bonds. The first-order chi connectivity index (χ1) is 17.0. The van der Waals surface area contributed by atoms with Crippen LogP contribution >= 0.6 is 0 Å². The summed E-state index contributed by atoms with van der Waals surface area (Å²) < 4.78 is 5.60. The predicted octanol–water partition coefficient (Wildman–Crippen LogP) is 3.07. The Morgan fingerprint density at radius 1 is 1.00 bits per heavy atom. The van der Waals surface area contributed by atoms with Gasteiger partial charge in [-0.05, 0) is 54.6 Å². The summed E-state index contributed by atoms with van der Waals surface area (Å²) in [6.45, 7) is 3.51. The molecule has 2 aliphatic heterocycles. The SMILES string of the molecule is O=C(O)CCC(NC(=O)OCC1c2ccccc2-c2ccccc21)C(=O)N1CCC(N2CCC2)C1. The Hall–Kier alpha value is -3.39. The molecule has 0 saturated carbocycles. The number of alkyl carbamates (subject to hydrolysis) is 1. The van der Waals surface area contributed by atoms with E-state index in [1.165, 1.54) is 6.42 Å². The van der Waals surface area contributed by atoms with Crippen molar-refractivity contribution in [3.05, 3.63) is 59.7 Å². The lowest BCUT2D eigenvalue weighted by molar-refractivity contribution is -0.137. The van der Waals surface area contributed by atoms with E-state index in [0.717, 1.165) is 41.8 Å². The zero-order valence-electron chi connectivity index (χ0n) is 19.7. The van der Waals surface area contributed by atoms with Crippen LogP contribution in [-0.4, -0.2) is 77.7 Å². The van der Waals surface area contributed by atoms with Crippen molar-refractivity contribution in [2.75, 3.05) is 32.8 Å². The van der Waals surface area contributed by atoms with Crippen LogP contribution in [0.5, 0.6) is 0 Å². The molecule has 0 bridgehead atoms. The molecule has 2 heterocycles. The van der Waals surface area contributed by atoms with Crippen molar-refractivity contribution in [3.8, 4) is 11.1 Å². The maximum atomic E-state index is 13.2. The minimum atomic E-state index is -1.00. The Bertz CT molecular complexity index is 1070. The maximum Gasteiger partial charge on any atom is 0.407 e. The van der Waals surface area contributed by atoms with E-state index >= 15 is 0 Å². The molecule has 2 aromatic carbocycles. The van der Waals surface area contributed by atoms with E-state index in [1.54, 1.807) is 4.90 Å². The number of carbonyl (C=O) groups excluding carboxylic acids is 2. The highest BCUT2D eigenvalue weighted by molar-refractivity contribution is 5.86. The molecule has 184 valence electrons. The number of amides is 2. The van der Waals surface area contributed by atoms with Crippen LogP contribution < -0.4 is 5.32 Å². The molecule has 0 aromatic heterocycles. The lowest BCUT2D eigenvalue weighted by Crippen LogP contribution is -2.50. The van der Waals surface area contributed by atoms with Crippen molar-refractivity contribution in [1.29, 1.82) is 0 Å². The van der Waals surface area contributed by atoms with Gasteiger partial charge in [0.15, 0.2) is 0 Å². The summed E-state index contributed by atoms with van der Waals surface area (Å²) in [6, 6.07) is 15.6. The van der Waals surface area contributed by atoms with Crippen molar-refractivity contribution in [2.24, 2.45) is 0 Å². The van der Waals surface area contributed by atoms with Crippen molar-refractivity contribution in [2.45, 2.75) is 43.7 Å². The highest BCUT2D eigenvalue weighted by Crippen LogP contribution is 2.44. The van der Waals surface area contributed by atoms with Gasteiger partial charge in [0, 0.05) is 31.5 Å². The molecular weight excluding hydrogens is 446 g/mol. The summed E-state index contributed by atoms with van der Waals surface area (Å²) in [7, 11) is 0. The molecule has 2 fully saturated rings. The Morgan fingerprint density at radius 2 is 1.66 bits per heavy atom. The molecule has 8 nitrogen and oxygen atoms in total. The summed E-state index contributed by atoms with van der Waals surface area (Å²) in [5.74, 6) is -1.32. The first kappa shape index (κ1) is 23.4. The van der Waals surface area contributed by atoms with Gasteiger partial charge in [-0.1, -0.05) is 48.5 Å². The molecule has 0 radical (unpaired) electrons. The lowest BCUT2D eigenvalue weighted by atomic mass is 9.98. The standard InChI is InChI=1S/C27H31N3O5/c31-25(32)11-10-24(26(33)30-15-12-18(16-30)29-13-5-14-29)28-27(34)35-17-23-21-8-3-1-6-19(21)20-7-2-4-9-22(20)23/h1-4,6-9,18,23-24H,5,10-17H2,(H,28,34)(H,31,32).